The van der Waals surface area contributed by atoms with Gasteiger partial charge in [0.1, 0.15) is 0 Å². The van der Waals surface area contributed by atoms with E-state index in [2.05, 4.69) is 59.5 Å². The van der Waals surface area contributed by atoms with Crippen LogP contribution in [0.3, 0.4) is 0 Å². The lowest BCUT2D eigenvalue weighted by Crippen LogP contribution is -2.47. The molecule has 3 aliphatic rings. The predicted molar refractivity (Wildman–Crippen MR) is 97.5 cm³/mol. The second kappa shape index (κ2) is 6.85. The molecule has 0 N–H and O–H groups in total. The van der Waals surface area contributed by atoms with Crippen LogP contribution in [0.4, 0.5) is 0 Å². The molecule has 0 aromatic heterocycles. The molecule has 0 amide bonds. The number of hydrogen-bond acceptors (Lipinski definition) is 1. The molecule has 3 saturated heterocycles. The van der Waals surface area contributed by atoms with Crippen molar-refractivity contribution in [2.24, 2.45) is 11.8 Å². The molecule has 1 unspecified atom stereocenters. The van der Waals surface area contributed by atoms with E-state index in [1.165, 1.54) is 55.2 Å². The van der Waals surface area contributed by atoms with Crippen molar-refractivity contribution in [3.63, 3.8) is 0 Å². The molecule has 2 heteroatoms. The molecule has 2 bridgehead atoms. The van der Waals surface area contributed by atoms with Crippen molar-refractivity contribution in [3.05, 3.63) is 54.1 Å². The largest absolute Gasteiger partial charge is 0.303 e. The number of hydrogen-bond donors (Lipinski definition) is 0. The van der Waals surface area contributed by atoms with Crippen molar-refractivity contribution in [1.82, 2.24) is 4.90 Å². The fourth-order valence-electron chi connectivity index (χ4n) is 4.12. The van der Waals surface area contributed by atoms with E-state index in [0.717, 1.165) is 11.8 Å². The highest BCUT2D eigenvalue weighted by molar-refractivity contribution is 5.90. The van der Waals surface area contributed by atoms with Crippen molar-refractivity contribution in [2.75, 3.05) is 19.6 Å². The molecule has 0 saturated carbocycles. The Kier molecular flexibility index (Phi) is 4.85. The Morgan fingerprint density at radius 2 is 1.77 bits per heavy atom. The van der Waals surface area contributed by atoms with Gasteiger partial charge in [-0.2, -0.15) is 0 Å². The number of halogens is 1. The topological polar surface area (TPSA) is 3.24 Å². The Morgan fingerprint density at radius 1 is 1.00 bits per heavy atom. The van der Waals surface area contributed by atoms with E-state index in [4.69, 9.17) is 0 Å². The SMILES string of the molecule is C(=C\c1cccc2ccccc12)/CC1CN2CCC1CC2.Cl. The smallest absolute Gasteiger partial charge is 0.00153 e. The Hall–Kier alpha value is -1.31. The normalized spacial score (nSPS) is 27.2. The number of allylic oxidation sites excluding steroid dienone is 1. The number of benzene rings is 2. The van der Waals surface area contributed by atoms with E-state index in [0.29, 0.717) is 0 Å². The third-order valence-corrected chi connectivity index (χ3v) is 5.35. The van der Waals surface area contributed by atoms with Crippen LogP contribution in [-0.2, 0) is 0 Å². The van der Waals surface area contributed by atoms with Crippen molar-refractivity contribution in [2.45, 2.75) is 19.3 Å². The average Bonchev–Trinajstić information content (AvgIpc) is 2.56. The van der Waals surface area contributed by atoms with Crippen LogP contribution < -0.4 is 0 Å². The first-order valence-corrected chi connectivity index (χ1v) is 8.27. The molecule has 3 heterocycles. The molecule has 1 atom stereocenters. The van der Waals surface area contributed by atoms with Crippen LogP contribution in [0.15, 0.2) is 48.5 Å². The molecule has 1 nitrogen and oxygen atoms in total. The molecule has 0 aliphatic carbocycles. The van der Waals surface area contributed by atoms with Gasteiger partial charge in [-0.1, -0.05) is 54.6 Å². The van der Waals surface area contributed by atoms with E-state index in [1.54, 1.807) is 0 Å². The van der Waals surface area contributed by atoms with Gasteiger partial charge in [-0.25, -0.2) is 0 Å². The summed E-state index contributed by atoms with van der Waals surface area (Å²) in [5.41, 5.74) is 1.36. The minimum atomic E-state index is 0. The zero-order valence-electron chi connectivity index (χ0n) is 12.9. The number of piperidine rings is 3. The van der Waals surface area contributed by atoms with E-state index in [1.807, 2.05) is 0 Å². The maximum absolute atomic E-state index is 2.65. The molecule has 2 aromatic rings. The molecule has 116 valence electrons. The minimum Gasteiger partial charge on any atom is -0.303 e. The highest BCUT2D eigenvalue weighted by Gasteiger charge is 2.32. The van der Waals surface area contributed by atoms with Crippen LogP contribution in [0.25, 0.3) is 16.8 Å². The third kappa shape index (κ3) is 3.06. The van der Waals surface area contributed by atoms with Crippen LogP contribution in [0.1, 0.15) is 24.8 Å². The first-order chi connectivity index (χ1) is 10.4. The molecule has 22 heavy (non-hydrogen) atoms. The van der Waals surface area contributed by atoms with Crippen LogP contribution in [-0.4, -0.2) is 24.5 Å². The zero-order valence-corrected chi connectivity index (χ0v) is 13.8. The molecule has 3 aliphatic heterocycles. The summed E-state index contributed by atoms with van der Waals surface area (Å²) in [4.78, 5) is 2.65. The standard InChI is InChI=1S/C20H23N.ClH/c1-2-10-20-17(5-1)6-3-7-18(20)8-4-9-19-15-21-13-11-16(19)12-14-21;/h1-8,10,16,19H,9,11-15H2;1H/b8-4+;. The van der Waals surface area contributed by atoms with Crippen LogP contribution in [0.2, 0.25) is 0 Å². The highest BCUT2D eigenvalue weighted by atomic mass is 35.5. The summed E-state index contributed by atoms with van der Waals surface area (Å²) >= 11 is 0. The van der Waals surface area contributed by atoms with Crippen molar-refractivity contribution >= 4 is 29.3 Å². The lowest BCUT2D eigenvalue weighted by Gasteiger charge is -2.44. The fraction of sp³-hybridized carbons (Fsp3) is 0.400. The number of fused-ring (bicyclic) bond motifs is 4. The minimum absolute atomic E-state index is 0. The summed E-state index contributed by atoms with van der Waals surface area (Å²) < 4.78 is 0. The summed E-state index contributed by atoms with van der Waals surface area (Å²) in [5, 5.41) is 2.70. The quantitative estimate of drug-likeness (QED) is 0.770. The van der Waals surface area contributed by atoms with Crippen LogP contribution >= 0.6 is 12.4 Å². The predicted octanol–water partition coefficient (Wildman–Crippen LogP) is 5.01. The van der Waals surface area contributed by atoms with E-state index in [-0.39, 0.29) is 12.4 Å². The summed E-state index contributed by atoms with van der Waals surface area (Å²) in [5.74, 6) is 1.87. The molecular formula is C20H24ClN. The van der Waals surface area contributed by atoms with Gasteiger partial charge in [-0.05, 0) is 60.5 Å². The summed E-state index contributed by atoms with van der Waals surface area (Å²) in [6, 6.07) is 15.3. The van der Waals surface area contributed by atoms with Crippen LogP contribution in [0.5, 0.6) is 0 Å². The van der Waals surface area contributed by atoms with Gasteiger partial charge in [-0.15, -0.1) is 12.4 Å². The van der Waals surface area contributed by atoms with E-state index < -0.39 is 0 Å². The molecule has 2 aromatic carbocycles. The Bertz CT molecular complexity index is 650. The lowest BCUT2D eigenvalue weighted by molar-refractivity contribution is 0.0526. The first kappa shape index (κ1) is 15.6. The van der Waals surface area contributed by atoms with Gasteiger partial charge < -0.3 is 4.90 Å². The molecule has 0 radical (unpaired) electrons. The van der Waals surface area contributed by atoms with E-state index in [9.17, 15) is 0 Å². The second-order valence-corrected chi connectivity index (χ2v) is 6.60. The summed E-state index contributed by atoms with van der Waals surface area (Å²) in [6.07, 6.45) is 8.83. The first-order valence-electron chi connectivity index (χ1n) is 8.27. The van der Waals surface area contributed by atoms with Gasteiger partial charge in [0, 0.05) is 6.54 Å². The Morgan fingerprint density at radius 3 is 2.55 bits per heavy atom. The van der Waals surface area contributed by atoms with Gasteiger partial charge in [0.2, 0.25) is 0 Å². The van der Waals surface area contributed by atoms with Gasteiger partial charge in [0.15, 0.2) is 0 Å². The molecular weight excluding hydrogens is 290 g/mol. The maximum atomic E-state index is 2.65. The summed E-state index contributed by atoms with van der Waals surface area (Å²) in [7, 11) is 0. The van der Waals surface area contributed by atoms with Crippen molar-refractivity contribution in [1.29, 1.82) is 0 Å². The van der Waals surface area contributed by atoms with Crippen molar-refractivity contribution < 1.29 is 0 Å². The molecule has 3 fully saturated rings. The van der Waals surface area contributed by atoms with E-state index >= 15 is 0 Å². The monoisotopic (exact) mass is 313 g/mol. The molecule has 5 rings (SSSR count). The molecule has 0 spiro atoms. The second-order valence-electron chi connectivity index (χ2n) is 6.60. The number of rotatable bonds is 3. The van der Waals surface area contributed by atoms with Gasteiger partial charge >= 0.3 is 0 Å². The average molecular weight is 314 g/mol. The van der Waals surface area contributed by atoms with Crippen molar-refractivity contribution in [3.8, 4) is 0 Å². The van der Waals surface area contributed by atoms with Gasteiger partial charge in [0.25, 0.3) is 0 Å². The fourth-order valence-corrected chi connectivity index (χ4v) is 4.12. The number of nitrogens with zero attached hydrogens (tertiary/aromatic N) is 1. The lowest BCUT2D eigenvalue weighted by atomic mass is 9.77. The summed E-state index contributed by atoms with van der Waals surface area (Å²) in [6.45, 7) is 4.01. The highest BCUT2D eigenvalue weighted by Crippen LogP contribution is 2.34. The Labute approximate surface area is 139 Å². The van der Waals surface area contributed by atoms with Crippen LogP contribution in [0, 0.1) is 11.8 Å². The van der Waals surface area contributed by atoms with Gasteiger partial charge in [-0.3, -0.25) is 0 Å². The third-order valence-electron chi connectivity index (χ3n) is 5.35. The zero-order chi connectivity index (χ0) is 14.1. The van der Waals surface area contributed by atoms with Gasteiger partial charge in [0.05, 0.1) is 0 Å². The maximum Gasteiger partial charge on any atom is 0.00153 e. The Balaban J connectivity index is 0.00000144.